The number of Topliss-reactive ketones (excluding diaryl/α,β-unsaturated/α-hetero) is 1. The number of benzene rings is 1. The molecule has 3 rings (SSSR count). The second-order valence-corrected chi connectivity index (χ2v) is 9.16. The molecular formula is C19H23FN4O5S. The zero-order valence-electron chi connectivity index (χ0n) is 16.6. The van der Waals surface area contributed by atoms with E-state index < -0.39 is 44.7 Å². The molecule has 9 nitrogen and oxygen atoms in total. The van der Waals surface area contributed by atoms with Crippen molar-refractivity contribution in [2.75, 3.05) is 26.4 Å². The summed E-state index contributed by atoms with van der Waals surface area (Å²) in [6.07, 6.45) is 1.21. The van der Waals surface area contributed by atoms with Gasteiger partial charge < -0.3 is 10.0 Å². The molecule has 0 fully saturated rings. The molecule has 0 spiro atoms. The quantitative estimate of drug-likeness (QED) is 0.628. The molecule has 1 unspecified atom stereocenters. The van der Waals surface area contributed by atoms with Crippen molar-refractivity contribution in [2.24, 2.45) is 0 Å². The number of hydrogen-bond acceptors (Lipinski definition) is 7. The van der Waals surface area contributed by atoms with Gasteiger partial charge in [0.25, 0.3) is 5.56 Å². The van der Waals surface area contributed by atoms with Gasteiger partial charge in [-0.2, -0.15) is 0 Å². The predicted molar refractivity (Wildman–Crippen MR) is 107 cm³/mol. The third kappa shape index (κ3) is 5.10. The summed E-state index contributed by atoms with van der Waals surface area (Å²) in [7, 11) is -1.86. The zero-order valence-corrected chi connectivity index (χ0v) is 17.4. The number of carbonyl (C=O) groups excluding carboxylic acids is 1. The third-order valence-electron chi connectivity index (χ3n) is 4.86. The minimum absolute atomic E-state index is 0.0564. The van der Waals surface area contributed by atoms with E-state index in [-0.39, 0.29) is 31.8 Å². The molecule has 0 bridgehead atoms. The number of nitrogens with zero attached hydrogens (tertiary/aromatic N) is 3. The van der Waals surface area contributed by atoms with Gasteiger partial charge in [-0.05, 0) is 31.2 Å². The number of aryl methyl sites for hydroxylation is 1. The highest BCUT2D eigenvalue weighted by Crippen LogP contribution is 2.21. The lowest BCUT2D eigenvalue weighted by atomic mass is 10.1. The van der Waals surface area contributed by atoms with Crippen LogP contribution >= 0.6 is 0 Å². The first-order chi connectivity index (χ1) is 14.0. The predicted octanol–water partition coefficient (Wildman–Crippen LogP) is 0.439. The van der Waals surface area contributed by atoms with Crippen LogP contribution in [0.3, 0.4) is 0 Å². The molecule has 2 heterocycles. The molecule has 0 radical (unpaired) electrons. The molecule has 0 saturated heterocycles. The van der Waals surface area contributed by atoms with Crippen molar-refractivity contribution < 1.29 is 22.7 Å². The fourth-order valence-electron chi connectivity index (χ4n) is 3.37. The average Bonchev–Trinajstić information content (AvgIpc) is 2.81. The Morgan fingerprint density at radius 3 is 2.60 bits per heavy atom. The lowest BCUT2D eigenvalue weighted by Crippen LogP contribution is -2.37. The standard InChI is InChI=1S/C19H23FN4O5S/c1-23-9-10-24-18(14(11-23)22-30(2,28)29)21-16(17(26)19(24)27)15(25)8-5-12-3-6-13(20)7-4-12/h3-4,6-7,14,22,26H,5,8-11H2,1-2H3. The van der Waals surface area contributed by atoms with E-state index in [9.17, 15) is 27.5 Å². The van der Waals surface area contributed by atoms with Crippen LogP contribution in [0, 0.1) is 5.82 Å². The van der Waals surface area contributed by atoms with Crippen molar-refractivity contribution in [3.8, 4) is 5.75 Å². The maximum absolute atomic E-state index is 13.0. The van der Waals surface area contributed by atoms with E-state index in [1.165, 1.54) is 16.7 Å². The summed E-state index contributed by atoms with van der Waals surface area (Å²) in [5.74, 6) is -1.63. The Morgan fingerprint density at radius 1 is 1.30 bits per heavy atom. The molecule has 30 heavy (non-hydrogen) atoms. The summed E-state index contributed by atoms with van der Waals surface area (Å²) in [5, 5.41) is 10.3. The number of aromatic nitrogens is 2. The number of halogens is 1. The number of hydrogen-bond donors (Lipinski definition) is 2. The number of aromatic hydroxyl groups is 1. The maximum Gasteiger partial charge on any atom is 0.296 e. The van der Waals surface area contributed by atoms with Gasteiger partial charge in [-0.25, -0.2) is 22.5 Å². The van der Waals surface area contributed by atoms with E-state index in [1.54, 1.807) is 19.2 Å². The van der Waals surface area contributed by atoms with Gasteiger partial charge in [0.15, 0.2) is 11.5 Å². The fourth-order valence-corrected chi connectivity index (χ4v) is 4.07. The smallest absolute Gasteiger partial charge is 0.296 e. The Balaban J connectivity index is 1.95. The van der Waals surface area contributed by atoms with E-state index in [4.69, 9.17) is 0 Å². The van der Waals surface area contributed by atoms with Crippen LogP contribution in [0.15, 0.2) is 29.1 Å². The molecular weight excluding hydrogens is 415 g/mol. The van der Waals surface area contributed by atoms with Gasteiger partial charge in [-0.3, -0.25) is 14.2 Å². The molecule has 0 aliphatic carbocycles. The first kappa shape index (κ1) is 22.1. The summed E-state index contributed by atoms with van der Waals surface area (Å²) in [6.45, 7) is 0.874. The van der Waals surface area contributed by atoms with Crippen molar-refractivity contribution in [1.82, 2.24) is 19.2 Å². The minimum Gasteiger partial charge on any atom is -0.501 e. The van der Waals surface area contributed by atoms with Crippen LogP contribution in [0.5, 0.6) is 5.75 Å². The summed E-state index contributed by atoms with van der Waals surface area (Å²) < 4.78 is 40.2. The van der Waals surface area contributed by atoms with Crippen LogP contribution in [0.2, 0.25) is 0 Å². The number of carbonyl (C=O) groups is 1. The van der Waals surface area contributed by atoms with Crippen molar-refractivity contribution in [2.45, 2.75) is 25.4 Å². The number of sulfonamides is 1. The molecule has 2 aromatic rings. The lowest BCUT2D eigenvalue weighted by molar-refractivity contribution is 0.0973. The van der Waals surface area contributed by atoms with Gasteiger partial charge in [0.1, 0.15) is 11.6 Å². The van der Waals surface area contributed by atoms with Crippen LogP contribution in [0.4, 0.5) is 4.39 Å². The molecule has 1 aromatic heterocycles. The van der Waals surface area contributed by atoms with Gasteiger partial charge >= 0.3 is 0 Å². The normalized spacial score (nSPS) is 17.4. The van der Waals surface area contributed by atoms with Crippen LogP contribution < -0.4 is 10.3 Å². The summed E-state index contributed by atoms with van der Waals surface area (Å²) in [5.41, 5.74) is -0.465. The molecule has 11 heteroatoms. The Hall–Kier alpha value is -2.63. The Kier molecular flexibility index (Phi) is 6.34. The maximum atomic E-state index is 13.0. The molecule has 2 N–H and O–H groups in total. The number of nitrogens with one attached hydrogen (secondary N) is 1. The number of rotatable bonds is 6. The zero-order chi connectivity index (χ0) is 22.1. The second-order valence-electron chi connectivity index (χ2n) is 7.38. The number of ketones is 1. The molecule has 1 aliphatic rings. The summed E-state index contributed by atoms with van der Waals surface area (Å²) in [6, 6.07) is 4.79. The topological polar surface area (TPSA) is 122 Å². The van der Waals surface area contributed by atoms with Gasteiger partial charge in [0.05, 0.1) is 12.3 Å². The summed E-state index contributed by atoms with van der Waals surface area (Å²) in [4.78, 5) is 31.4. The molecule has 1 aliphatic heterocycles. The summed E-state index contributed by atoms with van der Waals surface area (Å²) >= 11 is 0. The van der Waals surface area contributed by atoms with Crippen molar-refractivity contribution >= 4 is 15.8 Å². The van der Waals surface area contributed by atoms with Gasteiger partial charge in [-0.15, -0.1) is 0 Å². The van der Waals surface area contributed by atoms with Crippen LogP contribution in [-0.4, -0.2) is 60.2 Å². The highest BCUT2D eigenvalue weighted by Gasteiger charge is 2.30. The van der Waals surface area contributed by atoms with E-state index >= 15 is 0 Å². The lowest BCUT2D eigenvalue weighted by Gasteiger charge is -2.21. The third-order valence-corrected chi connectivity index (χ3v) is 5.57. The fraction of sp³-hybridized carbons (Fsp3) is 0.421. The van der Waals surface area contributed by atoms with E-state index in [0.29, 0.717) is 12.1 Å². The van der Waals surface area contributed by atoms with Crippen LogP contribution in [-0.2, 0) is 23.0 Å². The molecule has 0 saturated carbocycles. The number of fused-ring (bicyclic) bond motifs is 1. The number of likely N-dealkylation sites (N-methyl/N-ethyl adjacent to an activating group) is 1. The van der Waals surface area contributed by atoms with Gasteiger partial charge in [0.2, 0.25) is 15.8 Å². The van der Waals surface area contributed by atoms with Crippen molar-refractivity contribution in [3.05, 3.63) is 57.5 Å². The van der Waals surface area contributed by atoms with Crippen LogP contribution in [0.1, 0.15) is 34.3 Å². The van der Waals surface area contributed by atoms with Gasteiger partial charge in [-0.1, -0.05) is 12.1 Å². The Morgan fingerprint density at radius 2 is 1.97 bits per heavy atom. The molecule has 162 valence electrons. The SMILES string of the molecule is CN1CCn2c(nc(C(=O)CCc3ccc(F)cc3)c(O)c2=O)C(NS(C)(=O)=O)C1. The average molecular weight is 438 g/mol. The molecule has 1 aromatic carbocycles. The Bertz CT molecular complexity index is 1110. The molecule has 0 amide bonds. The van der Waals surface area contributed by atoms with E-state index in [0.717, 1.165) is 6.26 Å². The van der Waals surface area contributed by atoms with E-state index in [1.807, 2.05) is 4.90 Å². The first-order valence-corrected chi connectivity index (χ1v) is 11.2. The largest absolute Gasteiger partial charge is 0.501 e. The van der Waals surface area contributed by atoms with Crippen molar-refractivity contribution in [3.63, 3.8) is 0 Å². The molecule has 1 atom stereocenters. The van der Waals surface area contributed by atoms with Gasteiger partial charge in [0, 0.05) is 26.1 Å². The highest BCUT2D eigenvalue weighted by molar-refractivity contribution is 7.88. The minimum atomic E-state index is -3.62. The van der Waals surface area contributed by atoms with Crippen LogP contribution in [0.25, 0.3) is 0 Å². The van der Waals surface area contributed by atoms with E-state index in [2.05, 4.69) is 9.71 Å². The monoisotopic (exact) mass is 438 g/mol. The Labute approximate surface area is 173 Å². The second kappa shape index (κ2) is 8.62. The van der Waals surface area contributed by atoms with Crippen molar-refractivity contribution in [1.29, 1.82) is 0 Å². The highest BCUT2D eigenvalue weighted by atomic mass is 32.2. The first-order valence-electron chi connectivity index (χ1n) is 9.32.